The van der Waals surface area contributed by atoms with Crippen LogP contribution in [0.2, 0.25) is 0 Å². The van der Waals surface area contributed by atoms with Crippen molar-refractivity contribution in [1.82, 2.24) is 0 Å². The lowest BCUT2D eigenvalue weighted by Crippen LogP contribution is -2.22. The van der Waals surface area contributed by atoms with Gasteiger partial charge in [0.2, 0.25) is 0 Å². The van der Waals surface area contributed by atoms with Crippen molar-refractivity contribution in [2.75, 3.05) is 20.8 Å². The summed E-state index contributed by atoms with van der Waals surface area (Å²) in [5.41, 5.74) is 3.53. The Bertz CT molecular complexity index is 320. The lowest BCUT2D eigenvalue weighted by molar-refractivity contribution is -0.122. The van der Waals surface area contributed by atoms with Crippen LogP contribution in [-0.2, 0) is 9.47 Å². The van der Waals surface area contributed by atoms with Gasteiger partial charge in [0.15, 0.2) is 6.29 Å². The second-order valence-corrected chi connectivity index (χ2v) is 3.94. The molecule has 3 heteroatoms. The van der Waals surface area contributed by atoms with E-state index in [1.165, 1.54) is 5.56 Å². The molecule has 0 spiro atoms. The molecule has 1 aromatic carbocycles. The molecular formula is C13H20O3. The fraction of sp³-hybridized carbons (Fsp3) is 0.538. The van der Waals surface area contributed by atoms with E-state index in [4.69, 9.17) is 14.2 Å². The number of aryl methyl sites for hydroxylation is 3. The molecule has 0 saturated heterocycles. The van der Waals surface area contributed by atoms with Crippen molar-refractivity contribution in [3.8, 4) is 5.75 Å². The van der Waals surface area contributed by atoms with Gasteiger partial charge in [0.05, 0.1) is 0 Å². The predicted molar refractivity (Wildman–Crippen MR) is 64.0 cm³/mol. The maximum absolute atomic E-state index is 5.72. The normalized spacial score (nSPS) is 10.9. The Hall–Kier alpha value is -1.06. The van der Waals surface area contributed by atoms with E-state index in [9.17, 15) is 0 Å². The number of benzene rings is 1. The van der Waals surface area contributed by atoms with E-state index in [2.05, 4.69) is 19.1 Å². The van der Waals surface area contributed by atoms with Crippen molar-refractivity contribution in [2.45, 2.75) is 27.1 Å². The average molecular weight is 224 g/mol. The molecule has 0 radical (unpaired) electrons. The van der Waals surface area contributed by atoms with Crippen LogP contribution in [0.5, 0.6) is 5.75 Å². The Kier molecular flexibility index (Phi) is 4.77. The minimum Gasteiger partial charge on any atom is -0.488 e. The third-order valence-corrected chi connectivity index (χ3v) is 2.49. The summed E-state index contributed by atoms with van der Waals surface area (Å²) in [6.45, 7) is 6.57. The van der Waals surface area contributed by atoms with Crippen LogP contribution >= 0.6 is 0 Å². The summed E-state index contributed by atoms with van der Waals surface area (Å²) < 4.78 is 15.9. The van der Waals surface area contributed by atoms with Crippen LogP contribution in [-0.4, -0.2) is 27.1 Å². The highest BCUT2D eigenvalue weighted by atomic mass is 16.7. The molecule has 0 N–H and O–H groups in total. The molecule has 0 amide bonds. The maximum Gasteiger partial charge on any atom is 0.191 e. The first-order valence-corrected chi connectivity index (χ1v) is 5.34. The van der Waals surface area contributed by atoms with Crippen LogP contribution in [0.3, 0.4) is 0 Å². The topological polar surface area (TPSA) is 27.7 Å². The van der Waals surface area contributed by atoms with E-state index in [0.29, 0.717) is 6.61 Å². The maximum atomic E-state index is 5.72. The van der Waals surface area contributed by atoms with E-state index >= 15 is 0 Å². The van der Waals surface area contributed by atoms with Gasteiger partial charge in [-0.3, -0.25) is 0 Å². The van der Waals surface area contributed by atoms with Crippen LogP contribution in [0.25, 0.3) is 0 Å². The number of ether oxygens (including phenoxy) is 3. The Labute approximate surface area is 97.3 Å². The van der Waals surface area contributed by atoms with E-state index in [1.807, 2.05) is 13.8 Å². The Balaban J connectivity index is 2.74. The molecule has 0 saturated carbocycles. The highest BCUT2D eigenvalue weighted by molar-refractivity contribution is 5.42. The third kappa shape index (κ3) is 3.22. The summed E-state index contributed by atoms with van der Waals surface area (Å²) in [6.07, 6.45) is -0.319. The van der Waals surface area contributed by atoms with Crippen LogP contribution < -0.4 is 4.74 Å². The van der Waals surface area contributed by atoms with Gasteiger partial charge in [0, 0.05) is 14.2 Å². The minimum absolute atomic E-state index is 0.319. The fourth-order valence-electron chi connectivity index (χ4n) is 1.78. The first-order valence-electron chi connectivity index (χ1n) is 5.34. The third-order valence-electron chi connectivity index (χ3n) is 2.49. The first-order chi connectivity index (χ1) is 7.58. The summed E-state index contributed by atoms with van der Waals surface area (Å²) in [4.78, 5) is 0. The zero-order valence-corrected chi connectivity index (χ0v) is 10.7. The fourth-order valence-corrected chi connectivity index (χ4v) is 1.78. The Morgan fingerprint density at radius 2 is 1.50 bits per heavy atom. The van der Waals surface area contributed by atoms with Crippen molar-refractivity contribution in [2.24, 2.45) is 0 Å². The van der Waals surface area contributed by atoms with Crippen LogP contribution in [0, 0.1) is 20.8 Å². The molecular weight excluding hydrogens is 204 g/mol. The molecule has 3 nitrogen and oxygen atoms in total. The predicted octanol–water partition coefficient (Wildman–Crippen LogP) is 2.61. The zero-order valence-electron chi connectivity index (χ0n) is 10.7. The summed E-state index contributed by atoms with van der Waals surface area (Å²) in [6, 6.07) is 4.22. The molecule has 16 heavy (non-hydrogen) atoms. The van der Waals surface area contributed by atoms with E-state index < -0.39 is 0 Å². The molecule has 0 fully saturated rings. The molecule has 0 heterocycles. The van der Waals surface area contributed by atoms with Crippen molar-refractivity contribution >= 4 is 0 Å². The van der Waals surface area contributed by atoms with Crippen molar-refractivity contribution in [1.29, 1.82) is 0 Å². The largest absolute Gasteiger partial charge is 0.488 e. The van der Waals surface area contributed by atoms with E-state index in [1.54, 1.807) is 14.2 Å². The molecule has 0 aliphatic carbocycles. The summed E-state index contributed by atoms with van der Waals surface area (Å²) in [7, 11) is 3.21. The smallest absolute Gasteiger partial charge is 0.191 e. The standard InChI is InChI=1S/C13H20O3/c1-9-6-10(2)13(11(3)7-9)16-8-12(14-4)15-5/h6-7,12H,8H2,1-5H3. The molecule has 0 aliphatic rings. The van der Waals surface area contributed by atoms with Gasteiger partial charge < -0.3 is 14.2 Å². The number of hydrogen-bond acceptors (Lipinski definition) is 3. The van der Waals surface area contributed by atoms with Gasteiger partial charge in [0.25, 0.3) is 0 Å². The second-order valence-electron chi connectivity index (χ2n) is 3.94. The molecule has 0 atom stereocenters. The van der Waals surface area contributed by atoms with Gasteiger partial charge in [0.1, 0.15) is 12.4 Å². The lowest BCUT2D eigenvalue weighted by atomic mass is 10.1. The van der Waals surface area contributed by atoms with Crippen molar-refractivity contribution in [3.05, 3.63) is 28.8 Å². The number of hydrogen-bond donors (Lipinski definition) is 0. The van der Waals surface area contributed by atoms with Crippen LogP contribution in [0.4, 0.5) is 0 Å². The summed E-state index contributed by atoms with van der Waals surface area (Å²) in [5, 5.41) is 0. The zero-order chi connectivity index (χ0) is 12.1. The second kappa shape index (κ2) is 5.87. The molecule has 0 unspecified atom stereocenters. The van der Waals surface area contributed by atoms with Crippen molar-refractivity contribution < 1.29 is 14.2 Å². The molecule has 90 valence electrons. The summed E-state index contributed by atoms with van der Waals surface area (Å²) >= 11 is 0. The molecule has 0 aliphatic heterocycles. The van der Waals surface area contributed by atoms with Crippen LogP contribution in [0.1, 0.15) is 16.7 Å². The first kappa shape index (κ1) is 13.0. The van der Waals surface area contributed by atoms with Gasteiger partial charge in [-0.25, -0.2) is 0 Å². The van der Waals surface area contributed by atoms with E-state index in [0.717, 1.165) is 16.9 Å². The summed E-state index contributed by atoms with van der Waals surface area (Å²) in [5.74, 6) is 0.921. The average Bonchev–Trinajstić information content (AvgIpc) is 2.22. The molecule has 0 aromatic heterocycles. The monoisotopic (exact) mass is 224 g/mol. The molecule has 1 rings (SSSR count). The van der Waals surface area contributed by atoms with Gasteiger partial charge in [-0.2, -0.15) is 0 Å². The van der Waals surface area contributed by atoms with E-state index in [-0.39, 0.29) is 6.29 Å². The van der Waals surface area contributed by atoms with Crippen molar-refractivity contribution in [3.63, 3.8) is 0 Å². The van der Waals surface area contributed by atoms with Crippen LogP contribution in [0.15, 0.2) is 12.1 Å². The minimum atomic E-state index is -0.319. The Morgan fingerprint density at radius 1 is 1.00 bits per heavy atom. The number of methoxy groups -OCH3 is 2. The van der Waals surface area contributed by atoms with Gasteiger partial charge in [-0.1, -0.05) is 17.7 Å². The SMILES string of the molecule is COC(COc1c(C)cc(C)cc1C)OC. The highest BCUT2D eigenvalue weighted by Gasteiger charge is 2.09. The van der Waals surface area contributed by atoms with Gasteiger partial charge in [-0.05, 0) is 31.9 Å². The van der Waals surface area contributed by atoms with Gasteiger partial charge in [-0.15, -0.1) is 0 Å². The Morgan fingerprint density at radius 3 is 1.94 bits per heavy atom. The molecule has 0 bridgehead atoms. The molecule has 1 aromatic rings. The quantitative estimate of drug-likeness (QED) is 0.719. The van der Waals surface area contributed by atoms with Gasteiger partial charge >= 0.3 is 0 Å². The highest BCUT2D eigenvalue weighted by Crippen LogP contribution is 2.24. The lowest BCUT2D eigenvalue weighted by Gasteiger charge is -2.17. The number of rotatable bonds is 5.